The maximum Gasteiger partial charge on any atom is 0.280 e. The van der Waals surface area contributed by atoms with E-state index in [0.29, 0.717) is 11.4 Å². The number of azo groups is 1. The van der Waals surface area contributed by atoms with E-state index >= 15 is 0 Å². The maximum absolute atomic E-state index is 12.5. The van der Waals surface area contributed by atoms with Crippen LogP contribution in [0.2, 0.25) is 0 Å². The number of benzene rings is 2. The van der Waals surface area contributed by atoms with E-state index in [-0.39, 0.29) is 17.1 Å². The summed E-state index contributed by atoms with van der Waals surface area (Å²) in [5, 5.41) is 33.7. The van der Waals surface area contributed by atoms with Crippen molar-refractivity contribution in [2.75, 3.05) is 5.01 Å². The number of nitro groups is 1. The first-order valence-electron chi connectivity index (χ1n) is 7.30. The zero-order valence-electron chi connectivity index (χ0n) is 13.1. The minimum absolute atomic E-state index is 0.0899. The van der Waals surface area contributed by atoms with Crippen molar-refractivity contribution < 1.29 is 14.8 Å². The molecule has 9 heteroatoms. The largest absolute Gasteiger partial charge is 0.506 e. The Labute approximate surface area is 142 Å². The zero-order valence-corrected chi connectivity index (χ0v) is 13.1. The number of phenols is 1. The highest BCUT2D eigenvalue weighted by atomic mass is 16.6. The van der Waals surface area contributed by atoms with Gasteiger partial charge < -0.3 is 5.11 Å². The SMILES string of the molecule is CC1=NN(c2ccccc2)C(=O)[C@H]1N=Nc1cc([N+](=O)[O-])ccc1O. The second-order valence-electron chi connectivity index (χ2n) is 5.28. The zero-order chi connectivity index (χ0) is 18.0. The number of carbonyl (C=O) groups is 1. The van der Waals surface area contributed by atoms with Crippen molar-refractivity contribution in [3.63, 3.8) is 0 Å². The second kappa shape index (κ2) is 6.48. The molecule has 2 aromatic rings. The fourth-order valence-electron chi connectivity index (χ4n) is 2.27. The molecule has 1 amide bonds. The fourth-order valence-corrected chi connectivity index (χ4v) is 2.27. The smallest absolute Gasteiger partial charge is 0.280 e. The Kier molecular flexibility index (Phi) is 4.21. The van der Waals surface area contributed by atoms with Crippen LogP contribution in [0, 0.1) is 10.1 Å². The van der Waals surface area contributed by atoms with Gasteiger partial charge in [0.1, 0.15) is 11.4 Å². The van der Waals surface area contributed by atoms with Gasteiger partial charge >= 0.3 is 0 Å². The van der Waals surface area contributed by atoms with E-state index in [2.05, 4.69) is 15.3 Å². The molecule has 0 radical (unpaired) electrons. The summed E-state index contributed by atoms with van der Waals surface area (Å²) in [4.78, 5) is 22.7. The molecular formula is C16H13N5O4. The number of rotatable bonds is 4. The van der Waals surface area contributed by atoms with E-state index in [4.69, 9.17) is 0 Å². The van der Waals surface area contributed by atoms with Crippen LogP contribution in [0.4, 0.5) is 17.1 Å². The number of nitrogens with zero attached hydrogens (tertiary/aromatic N) is 5. The lowest BCUT2D eigenvalue weighted by Gasteiger charge is -2.11. The standard InChI is InChI=1S/C16H13N5O4/c1-10-15(16(23)20(19-10)11-5-3-2-4-6-11)18-17-13-9-12(21(24)25)7-8-14(13)22/h2-9,15,22H,1H3/t15-/m0/s1. The third-order valence-corrected chi connectivity index (χ3v) is 3.55. The molecule has 0 saturated carbocycles. The summed E-state index contributed by atoms with van der Waals surface area (Å²) in [5.74, 6) is -0.660. The van der Waals surface area contributed by atoms with Crippen molar-refractivity contribution in [3.8, 4) is 5.75 Å². The first kappa shape index (κ1) is 16.2. The Bertz CT molecular complexity index is 895. The van der Waals surface area contributed by atoms with Crippen LogP contribution in [0.15, 0.2) is 63.9 Å². The van der Waals surface area contributed by atoms with Gasteiger partial charge in [0.05, 0.1) is 16.3 Å². The number of non-ortho nitro benzene ring substituents is 1. The van der Waals surface area contributed by atoms with Crippen molar-refractivity contribution in [1.29, 1.82) is 0 Å². The predicted octanol–water partition coefficient (Wildman–Crippen LogP) is 3.18. The van der Waals surface area contributed by atoms with Crippen molar-refractivity contribution in [1.82, 2.24) is 0 Å². The van der Waals surface area contributed by atoms with E-state index < -0.39 is 16.9 Å². The van der Waals surface area contributed by atoms with Gasteiger partial charge in [-0.15, -0.1) is 0 Å². The Morgan fingerprint density at radius 3 is 2.64 bits per heavy atom. The fraction of sp³-hybridized carbons (Fsp3) is 0.125. The number of hydrogen-bond acceptors (Lipinski definition) is 7. The number of nitro benzene ring substituents is 1. The Hall–Kier alpha value is -3.62. The number of phenolic OH excluding ortho intramolecular Hbond substituents is 1. The molecule has 126 valence electrons. The predicted molar refractivity (Wildman–Crippen MR) is 90.1 cm³/mol. The van der Waals surface area contributed by atoms with Crippen LogP contribution in [0.25, 0.3) is 0 Å². The van der Waals surface area contributed by atoms with Gasteiger partial charge in [-0.3, -0.25) is 14.9 Å². The van der Waals surface area contributed by atoms with Crippen LogP contribution >= 0.6 is 0 Å². The third-order valence-electron chi connectivity index (χ3n) is 3.55. The molecular weight excluding hydrogens is 326 g/mol. The lowest BCUT2D eigenvalue weighted by molar-refractivity contribution is -0.384. The number of carbonyl (C=O) groups excluding carboxylic acids is 1. The van der Waals surface area contributed by atoms with E-state index in [1.54, 1.807) is 31.2 Å². The van der Waals surface area contributed by atoms with Gasteiger partial charge in [0.2, 0.25) is 0 Å². The minimum Gasteiger partial charge on any atom is -0.506 e. The number of aromatic hydroxyl groups is 1. The van der Waals surface area contributed by atoms with E-state index in [9.17, 15) is 20.0 Å². The number of anilines is 1. The molecule has 0 aromatic heterocycles. The van der Waals surface area contributed by atoms with Gasteiger partial charge in [-0.1, -0.05) is 18.2 Å². The Balaban J connectivity index is 1.85. The number of hydrazone groups is 1. The molecule has 1 aliphatic heterocycles. The van der Waals surface area contributed by atoms with E-state index in [1.807, 2.05) is 6.07 Å². The van der Waals surface area contributed by atoms with Crippen LogP contribution in [-0.2, 0) is 4.79 Å². The average molecular weight is 339 g/mol. The lowest BCUT2D eigenvalue weighted by atomic mass is 10.2. The molecule has 3 rings (SSSR count). The van der Waals surface area contributed by atoms with Crippen molar-refractivity contribution in [3.05, 3.63) is 58.6 Å². The van der Waals surface area contributed by atoms with Crippen molar-refractivity contribution in [2.24, 2.45) is 15.3 Å². The highest BCUT2D eigenvalue weighted by molar-refractivity contribution is 6.18. The van der Waals surface area contributed by atoms with Gasteiger partial charge in [-0.25, -0.2) is 0 Å². The second-order valence-corrected chi connectivity index (χ2v) is 5.28. The molecule has 0 bridgehead atoms. The molecule has 0 fully saturated rings. The van der Waals surface area contributed by atoms with Crippen LogP contribution in [0.3, 0.4) is 0 Å². The molecule has 1 atom stereocenters. The average Bonchev–Trinajstić information content (AvgIpc) is 2.89. The normalized spacial score (nSPS) is 17.2. The van der Waals surface area contributed by atoms with Gasteiger partial charge in [0.15, 0.2) is 6.04 Å². The molecule has 1 N–H and O–H groups in total. The number of para-hydroxylation sites is 1. The number of hydrogen-bond donors (Lipinski definition) is 1. The summed E-state index contributed by atoms with van der Waals surface area (Å²) >= 11 is 0. The van der Waals surface area contributed by atoms with Crippen LogP contribution in [-0.4, -0.2) is 27.7 Å². The molecule has 2 aromatic carbocycles. The maximum atomic E-state index is 12.5. The summed E-state index contributed by atoms with van der Waals surface area (Å²) in [7, 11) is 0. The van der Waals surface area contributed by atoms with Gasteiger partial charge in [0, 0.05) is 12.1 Å². The summed E-state index contributed by atoms with van der Waals surface area (Å²) in [5.41, 5.74) is 0.707. The third kappa shape index (κ3) is 3.20. The molecule has 9 nitrogen and oxygen atoms in total. The molecule has 25 heavy (non-hydrogen) atoms. The topological polar surface area (TPSA) is 121 Å². The Morgan fingerprint density at radius 2 is 1.96 bits per heavy atom. The molecule has 1 heterocycles. The highest BCUT2D eigenvalue weighted by Crippen LogP contribution is 2.31. The van der Waals surface area contributed by atoms with Crippen LogP contribution in [0.5, 0.6) is 5.75 Å². The quantitative estimate of drug-likeness (QED) is 0.522. The summed E-state index contributed by atoms with van der Waals surface area (Å²) in [6, 6.07) is 11.3. The molecule has 0 saturated heterocycles. The van der Waals surface area contributed by atoms with E-state index in [1.165, 1.54) is 5.01 Å². The summed E-state index contributed by atoms with van der Waals surface area (Å²) in [6.07, 6.45) is 0. The van der Waals surface area contributed by atoms with Crippen molar-refractivity contribution >= 4 is 28.7 Å². The van der Waals surface area contributed by atoms with Gasteiger partial charge in [-0.2, -0.15) is 20.3 Å². The van der Waals surface area contributed by atoms with Gasteiger partial charge in [0.25, 0.3) is 11.6 Å². The molecule has 0 aliphatic carbocycles. The first-order chi connectivity index (χ1) is 12.0. The number of amides is 1. The molecule has 1 aliphatic rings. The molecule has 0 unspecified atom stereocenters. The van der Waals surface area contributed by atoms with Crippen LogP contribution < -0.4 is 5.01 Å². The Morgan fingerprint density at radius 1 is 1.24 bits per heavy atom. The minimum atomic E-state index is -0.945. The monoisotopic (exact) mass is 339 g/mol. The molecule has 0 spiro atoms. The summed E-state index contributed by atoms with van der Waals surface area (Å²) < 4.78 is 0. The van der Waals surface area contributed by atoms with Crippen LogP contribution in [0.1, 0.15) is 6.92 Å². The van der Waals surface area contributed by atoms with Crippen molar-refractivity contribution in [2.45, 2.75) is 13.0 Å². The summed E-state index contributed by atoms with van der Waals surface area (Å²) in [6.45, 7) is 1.64. The first-order valence-corrected chi connectivity index (χ1v) is 7.30. The lowest BCUT2D eigenvalue weighted by Crippen LogP contribution is -2.29. The van der Waals surface area contributed by atoms with Gasteiger partial charge in [-0.05, 0) is 25.1 Å². The highest BCUT2D eigenvalue weighted by Gasteiger charge is 2.34. The van der Waals surface area contributed by atoms with E-state index in [0.717, 1.165) is 18.2 Å².